The first-order valence-electron chi connectivity index (χ1n) is 6.44. The molecule has 2 N–H and O–H groups in total. The molecule has 0 aromatic heterocycles. The maximum atomic E-state index is 12.3. The standard InChI is InChI=1S/C12H20N2O4/c1-8-2-4-14(10(6-8)12(16)17)11(15)9-7-18-5-3-13-9/h8-10,13H,2-7H2,1H3,(H,16,17). The molecule has 2 aliphatic heterocycles. The Morgan fingerprint density at radius 3 is 2.83 bits per heavy atom. The van der Waals surface area contributed by atoms with Gasteiger partial charge in [0.1, 0.15) is 12.1 Å². The third kappa shape index (κ3) is 2.81. The number of carboxylic acid groups (broad SMARTS) is 1. The van der Waals surface area contributed by atoms with Crippen LogP contribution in [0.3, 0.4) is 0 Å². The van der Waals surface area contributed by atoms with Crippen molar-refractivity contribution in [3.05, 3.63) is 0 Å². The van der Waals surface area contributed by atoms with Crippen molar-refractivity contribution in [1.82, 2.24) is 10.2 Å². The molecule has 6 heteroatoms. The van der Waals surface area contributed by atoms with Crippen molar-refractivity contribution in [1.29, 1.82) is 0 Å². The van der Waals surface area contributed by atoms with E-state index in [1.54, 1.807) is 0 Å². The van der Waals surface area contributed by atoms with Gasteiger partial charge in [-0.25, -0.2) is 4.79 Å². The number of nitrogens with one attached hydrogen (secondary N) is 1. The molecule has 2 fully saturated rings. The molecule has 0 aliphatic carbocycles. The van der Waals surface area contributed by atoms with Gasteiger partial charge in [-0.15, -0.1) is 0 Å². The second-order valence-corrected chi connectivity index (χ2v) is 5.10. The van der Waals surface area contributed by atoms with E-state index in [0.717, 1.165) is 6.42 Å². The van der Waals surface area contributed by atoms with Gasteiger partial charge in [-0.3, -0.25) is 4.79 Å². The van der Waals surface area contributed by atoms with Crippen molar-refractivity contribution in [3.63, 3.8) is 0 Å². The second kappa shape index (κ2) is 5.67. The third-order valence-electron chi connectivity index (χ3n) is 3.65. The van der Waals surface area contributed by atoms with E-state index in [-0.39, 0.29) is 5.91 Å². The Hall–Kier alpha value is -1.14. The van der Waals surface area contributed by atoms with Crippen LogP contribution in [-0.2, 0) is 14.3 Å². The Morgan fingerprint density at radius 1 is 1.44 bits per heavy atom. The van der Waals surface area contributed by atoms with Crippen molar-refractivity contribution in [2.24, 2.45) is 5.92 Å². The molecule has 18 heavy (non-hydrogen) atoms. The summed E-state index contributed by atoms with van der Waals surface area (Å²) in [6.07, 6.45) is 1.40. The zero-order chi connectivity index (χ0) is 13.1. The van der Waals surface area contributed by atoms with Crippen molar-refractivity contribution in [2.45, 2.75) is 31.8 Å². The summed E-state index contributed by atoms with van der Waals surface area (Å²) in [5.41, 5.74) is 0. The fourth-order valence-corrected chi connectivity index (χ4v) is 2.56. The predicted molar refractivity (Wildman–Crippen MR) is 64.1 cm³/mol. The monoisotopic (exact) mass is 256 g/mol. The minimum atomic E-state index is -0.911. The van der Waals surface area contributed by atoms with Crippen LogP contribution in [0.4, 0.5) is 0 Å². The molecule has 102 valence electrons. The van der Waals surface area contributed by atoms with Gasteiger partial charge in [-0.2, -0.15) is 0 Å². The molecular formula is C12H20N2O4. The van der Waals surface area contributed by atoms with Gasteiger partial charge in [0.2, 0.25) is 5.91 Å². The van der Waals surface area contributed by atoms with E-state index in [1.165, 1.54) is 4.90 Å². The highest BCUT2D eigenvalue weighted by Crippen LogP contribution is 2.23. The van der Waals surface area contributed by atoms with Gasteiger partial charge < -0.3 is 20.1 Å². The number of nitrogens with zero attached hydrogens (tertiary/aromatic N) is 1. The smallest absolute Gasteiger partial charge is 0.326 e. The van der Waals surface area contributed by atoms with E-state index in [4.69, 9.17) is 4.74 Å². The van der Waals surface area contributed by atoms with Crippen molar-refractivity contribution in [2.75, 3.05) is 26.3 Å². The molecule has 0 saturated carbocycles. The number of carbonyl (C=O) groups is 2. The minimum Gasteiger partial charge on any atom is -0.480 e. The van der Waals surface area contributed by atoms with E-state index < -0.39 is 18.1 Å². The summed E-state index contributed by atoms with van der Waals surface area (Å²) >= 11 is 0. The number of hydrogen-bond acceptors (Lipinski definition) is 4. The normalized spacial score (nSPS) is 33.2. The van der Waals surface area contributed by atoms with Crippen LogP contribution >= 0.6 is 0 Å². The molecule has 2 rings (SSSR count). The summed E-state index contributed by atoms with van der Waals surface area (Å²) < 4.78 is 5.25. The van der Waals surface area contributed by atoms with Crippen LogP contribution in [-0.4, -0.2) is 60.3 Å². The largest absolute Gasteiger partial charge is 0.480 e. The molecule has 6 nitrogen and oxygen atoms in total. The van der Waals surface area contributed by atoms with Gasteiger partial charge in [0.25, 0.3) is 0 Å². The number of rotatable bonds is 2. The second-order valence-electron chi connectivity index (χ2n) is 5.10. The first-order valence-corrected chi connectivity index (χ1v) is 6.44. The van der Waals surface area contributed by atoms with Gasteiger partial charge in [0.15, 0.2) is 0 Å². The van der Waals surface area contributed by atoms with E-state index in [1.807, 2.05) is 6.92 Å². The van der Waals surface area contributed by atoms with Crippen molar-refractivity contribution in [3.8, 4) is 0 Å². The highest BCUT2D eigenvalue weighted by atomic mass is 16.5. The fourth-order valence-electron chi connectivity index (χ4n) is 2.56. The molecule has 0 spiro atoms. The number of hydrogen-bond donors (Lipinski definition) is 2. The molecule has 2 saturated heterocycles. The lowest BCUT2D eigenvalue weighted by Crippen LogP contribution is -2.58. The Morgan fingerprint density at radius 2 is 2.22 bits per heavy atom. The van der Waals surface area contributed by atoms with Crippen LogP contribution in [0.2, 0.25) is 0 Å². The molecule has 0 aromatic rings. The lowest BCUT2D eigenvalue weighted by molar-refractivity contribution is -0.155. The minimum absolute atomic E-state index is 0.144. The summed E-state index contributed by atoms with van der Waals surface area (Å²) in [6, 6.07) is -1.08. The Labute approximate surface area is 106 Å². The number of likely N-dealkylation sites (tertiary alicyclic amines) is 1. The molecule has 3 atom stereocenters. The molecule has 0 bridgehead atoms. The number of carboxylic acids is 1. The Kier molecular flexibility index (Phi) is 4.19. The first-order chi connectivity index (χ1) is 8.59. The SMILES string of the molecule is CC1CCN(C(=O)C2COCCN2)C(C(=O)O)C1. The van der Waals surface area contributed by atoms with Gasteiger partial charge in [-0.1, -0.05) is 6.92 Å². The average Bonchev–Trinajstić information content (AvgIpc) is 2.39. The topological polar surface area (TPSA) is 78.9 Å². The number of ether oxygens (including phenoxy) is 1. The van der Waals surface area contributed by atoms with Crippen LogP contribution in [0.1, 0.15) is 19.8 Å². The summed E-state index contributed by atoms with van der Waals surface area (Å²) in [5.74, 6) is -0.702. The third-order valence-corrected chi connectivity index (χ3v) is 3.65. The van der Waals surface area contributed by atoms with Crippen molar-refractivity contribution < 1.29 is 19.4 Å². The Balaban J connectivity index is 2.04. The summed E-state index contributed by atoms with van der Waals surface area (Å²) in [5, 5.41) is 12.3. The molecule has 2 aliphatic rings. The molecule has 1 amide bonds. The van der Waals surface area contributed by atoms with E-state index in [2.05, 4.69) is 5.32 Å². The zero-order valence-electron chi connectivity index (χ0n) is 10.6. The molecular weight excluding hydrogens is 236 g/mol. The summed E-state index contributed by atoms with van der Waals surface area (Å²) in [6.45, 7) is 4.12. The van der Waals surface area contributed by atoms with Crippen LogP contribution in [0.25, 0.3) is 0 Å². The highest BCUT2D eigenvalue weighted by Gasteiger charge is 2.37. The highest BCUT2D eigenvalue weighted by molar-refractivity contribution is 5.87. The van der Waals surface area contributed by atoms with Crippen molar-refractivity contribution >= 4 is 11.9 Å². The van der Waals surface area contributed by atoms with Crippen LogP contribution in [0.15, 0.2) is 0 Å². The lowest BCUT2D eigenvalue weighted by Gasteiger charge is -2.38. The van der Waals surface area contributed by atoms with E-state index >= 15 is 0 Å². The molecule has 0 radical (unpaired) electrons. The number of piperidine rings is 1. The van der Waals surface area contributed by atoms with E-state index in [9.17, 15) is 14.7 Å². The Bertz CT molecular complexity index is 328. The lowest BCUT2D eigenvalue weighted by atomic mass is 9.92. The predicted octanol–water partition coefficient (Wildman–Crippen LogP) is -0.313. The van der Waals surface area contributed by atoms with Gasteiger partial charge in [0, 0.05) is 13.1 Å². The maximum Gasteiger partial charge on any atom is 0.326 e. The average molecular weight is 256 g/mol. The number of carbonyl (C=O) groups excluding carboxylic acids is 1. The first kappa shape index (κ1) is 13.3. The summed E-state index contributed by atoms with van der Waals surface area (Å²) in [7, 11) is 0. The quantitative estimate of drug-likeness (QED) is 0.708. The van der Waals surface area contributed by atoms with Crippen LogP contribution in [0, 0.1) is 5.92 Å². The van der Waals surface area contributed by atoms with Crippen LogP contribution < -0.4 is 5.32 Å². The summed E-state index contributed by atoms with van der Waals surface area (Å²) in [4.78, 5) is 25.0. The molecule has 2 heterocycles. The fraction of sp³-hybridized carbons (Fsp3) is 0.833. The van der Waals surface area contributed by atoms with Gasteiger partial charge >= 0.3 is 5.97 Å². The number of morpholine rings is 1. The molecule has 0 aromatic carbocycles. The number of amides is 1. The molecule has 3 unspecified atom stereocenters. The van der Waals surface area contributed by atoms with E-state index in [0.29, 0.717) is 38.6 Å². The maximum absolute atomic E-state index is 12.3. The number of aliphatic carboxylic acids is 1. The van der Waals surface area contributed by atoms with Gasteiger partial charge in [0.05, 0.1) is 13.2 Å². The van der Waals surface area contributed by atoms with Gasteiger partial charge in [-0.05, 0) is 18.8 Å². The van der Waals surface area contributed by atoms with Crippen LogP contribution in [0.5, 0.6) is 0 Å². The zero-order valence-corrected chi connectivity index (χ0v) is 10.6.